The van der Waals surface area contributed by atoms with Crippen LogP contribution in [-0.2, 0) is 19.1 Å². The van der Waals surface area contributed by atoms with E-state index in [1.807, 2.05) is 0 Å². The Hall–Kier alpha value is -1.59. The van der Waals surface area contributed by atoms with E-state index in [9.17, 15) is 19.5 Å². The van der Waals surface area contributed by atoms with Gasteiger partial charge in [-0.1, -0.05) is 13.8 Å². The van der Waals surface area contributed by atoms with Crippen LogP contribution in [0.15, 0.2) is 0 Å². The van der Waals surface area contributed by atoms with Gasteiger partial charge in [0.25, 0.3) is 0 Å². The second-order valence-electron chi connectivity index (χ2n) is 6.41. The molecule has 0 aliphatic carbocycles. The summed E-state index contributed by atoms with van der Waals surface area (Å²) in [4.78, 5) is 37.0. The molecule has 0 aromatic carbocycles. The van der Waals surface area contributed by atoms with E-state index in [2.05, 4.69) is 0 Å². The molecule has 0 heterocycles. The van der Waals surface area contributed by atoms with Gasteiger partial charge in [-0.2, -0.15) is 0 Å². The minimum Gasteiger partial charge on any atom is -0.480 e. The van der Waals surface area contributed by atoms with E-state index in [1.54, 1.807) is 41.5 Å². The predicted octanol–water partition coefficient (Wildman–Crippen LogP) is 1.92. The van der Waals surface area contributed by atoms with Crippen molar-refractivity contribution in [2.24, 2.45) is 11.8 Å². The molecular weight excluding hydrogens is 274 g/mol. The van der Waals surface area contributed by atoms with Crippen molar-refractivity contribution in [3.8, 4) is 0 Å². The number of carbonyl (C=O) groups is 3. The summed E-state index contributed by atoms with van der Waals surface area (Å²) < 4.78 is 5.18. The van der Waals surface area contributed by atoms with Gasteiger partial charge in [0.2, 0.25) is 5.91 Å². The highest BCUT2D eigenvalue weighted by Gasteiger charge is 2.37. The van der Waals surface area contributed by atoms with E-state index in [1.165, 1.54) is 11.8 Å². The number of hydrogen-bond donors (Lipinski definition) is 1. The number of carbonyl (C=O) groups excluding carboxylic acids is 2. The summed E-state index contributed by atoms with van der Waals surface area (Å²) in [7, 11) is 0. The lowest BCUT2D eigenvalue weighted by Crippen LogP contribution is -2.51. The van der Waals surface area contributed by atoms with Gasteiger partial charge in [0.15, 0.2) is 0 Å². The number of aliphatic carboxylic acids is 1. The Kier molecular flexibility index (Phi) is 6.86. The zero-order valence-corrected chi connectivity index (χ0v) is 14.0. The smallest absolute Gasteiger partial charge is 0.326 e. The molecule has 0 bridgehead atoms. The van der Waals surface area contributed by atoms with Crippen LogP contribution in [0.25, 0.3) is 0 Å². The van der Waals surface area contributed by atoms with Crippen LogP contribution in [-0.4, -0.2) is 46.0 Å². The number of hydrogen-bond acceptors (Lipinski definition) is 4. The molecule has 122 valence electrons. The minimum absolute atomic E-state index is 0.223. The molecule has 0 saturated heterocycles. The van der Waals surface area contributed by atoms with Crippen LogP contribution in [0.2, 0.25) is 0 Å². The second kappa shape index (κ2) is 7.43. The molecule has 6 heteroatoms. The van der Waals surface area contributed by atoms with Gasteiger partial charge in [0.1, 0.15) is 17.6 Å². The normalized spacial score (nSPS) is 14.5. The van der Waals surface area contributed by atoms with Gasteiger partial charge in [-0.3, -0.25) is 9.59 Å². The van der Waals surface area contributed by atoms with Gasteiger partial charge in [-0.05, 0) is 40.5 Å². The van der Waals surface area contributed by atoms with Crippen LogP contribution >= 0.6 is 0 Å². The predicted molar refractivity (Wildman–Crippen MR) is 78.7 cm³/mol. The maximum absolute atomic E-state index is 12.4. The summed E-state index contributed by atoms with van der Waals surface area (Å²) in [5.74, 6) is -3.51. The van der Waals surface area contributed by atoms with Crippen LogP contribution in [0, 0.1) is 11.8 Å². The highest BCUT2D eigenvalue weighted by molar-refractivity contribution is 5.99. The van der Waals surface area contributed by atoms with Crippen molar-refractivity contribution in [1.82, 2.24) is 4.90 Å². The average molecular weight is 301 g/mol. The van der Waals surface area contributed by atoms with Crippen LogP contribution in [0.3, 0.4) is 0 Å². The summed E-state index contributed by atoms with van der Waals surface area (Å²) >= 11 is 0. The molecule has 6 nitrogen and oxygen atoms in total. The van der Waals surface area contributed by atoms with Crippen molar-refractivity contribution < 1.29 is 24.2 Å². The molecule has 21 heavy (non-hydrogen) atoms. The first-order valence-corrected chi connectivity index (χ1v) is 7.18. The van der Waals surface area contributed by atoms with Crippen molar-refractivity contribution in [2.75, 3.05) is 6.54 Å². The van der Waals surface area contributed by atoms with Gasteiger partial charge < -0.3 is 14.7 Å². The van der Waals surface area contributed by atoms with Gasteiger partial charge in [-0.25, -0.2) is 4.79 Å². The maximum Gasteiger partial charge on any atom is 0.326 e. The molecule has 0 unspecified atom stereocenters. The SMILES string of the molecule is CCN(C(=O)[C@@H](C)C(=O)OC(C)(C)C)[C@H](C(=O)O)C(C)C. The number of carboxylic acid groups (broad SMARTS) is 1. The Bertz CT molecular complexity index is 397. The molecule has 0 rings (SSSR count). The zero-order valence-electron chi connectivity index (χ0n) is 14.0. The van der Waals surface area contributed by atoms with E-state index < -0.39 is 35.4 Å². The molecular formula is C15H27NO5. The fourth-order valence-electron chi connectivity index (χ4n) is 2.01. The number of esters is 1. The van der Waals surface area contributed by atoms with Gasteiger partial charge in [-0.15, -0.1) is 0 Å². The summed E-state index contributed by atoms with van der Waals surface area (Å²) in [6.07, 6.45) is 0. The van der Waals surface area contributed by atoms with E-state index in [0.717, 1.165) is 0 Å². The van der Waals surface area contributed by atoms with Crippen molar-refractivity contribution in [3.63, 3.8) is 0 Å². The average Bonchev–Trinajstić information content (AvgIpc) is 2.30. The van der Waals surface area contributed by atoms with E-state index in [4.69, 9.17) is 4.74 Å². The van der Waals surface area contributed by atoms with Gasteiger partial charge in [0.05, 0.1) is 0 Å². The van der Waals surface area contributed by atoms with Crippen LogP contribution in [0.1, 0.15) is 48.5 Å². The molecule has 0 aliphatic heterocycles. The highest BCUT2D eigenvalue weighted by atomic mass is 16.6. The third-order valence-electron chi connectivity index (χ3n) is 2.97. The summed E-state index contributed by atoms with van der Waals surface area (Å²) in [5, 5.41) is 9.29. The molecule has 0 spiro atoms. The van der Waals surface area contributed by atoms with E-state index >= 15 is 0 Å². The first-order chi connectivity index (χ1) is 9.42. The molecule has 0 saturated carbocycles. The van der Waals surface area contributed by atoms with E-state index in [-0.39, 0.29) is 12.5 Å². The van der Waals surface area contributed by atoms with Crippen molar-refractivity contribution >= 4 is 17.8 Å². The summed E-state index contributed by atoms with van der Waals surface area (Å²) in [6.45, 7) is 12.0. The highest BCUT2D eigenvalue weighted by Crippen LogP contribution is 2.17. The lowest BCUT2D eigenvalue weighted by Gasteiger charge is -2.32. The maximum atomic E-state index is 12.4. The largest absolute Gasteiger partial charge is 0.480 e. The standard InChI is InChI=1S/C15H27NO5/c1-8-16(11(9(2)3)13(18)19)12(17)10(4)14(20)21-15(5,6)7/h9-11H,8H2,1-7H3,(H,18,19)/t10-,11+/m1/s1. The number of likely N-dealkylation sites (N-methyl/N-ethyl adjacent to an activating group) is 1. The molecule has 0 aromatic heterocycles. The van der Waals surface area contributed by atoms with Crippen LogP contribution in [0.4, 0.5) is 0 Å². The number of nitrogens with zero attached hydrogens (tertiary/aromatic N) is 1. The molecule has 1 amide bonds. The Morgan fingerprint density at radius 1 is 1.14 bits per heavy atom. The molecule has 0 aromatic rings. The summed E-state index contributed by atoms with van der Waals surface area (Å²) in [5.41, 5.74) is -0.688. The fourth-order valence-corrected chi connectivity index (χ4v) is 2.01. The molecule has 1 N–H and O–H groups in total. The Morgan fingerprint density at radius 3 is 1.90 bits per heavy atom. The Morgan fingerprint density at radius 2 is 1.62 bits per heavy atom. The Labute approximate surface area is 126 Å². The van der Waals surface area contributed by atoms with E-state index in [0.29, 0.717) is 0 Å². The lowest BCUT2D eigenvalue weighted by molar-refractivity contribution is -0.167. The van der Waals surface area contributed by atoms with Gasteiger partial charge >= 0.3 is 11.9 Å². The number of ether oxygens (including phenoxy) is 1. The van der Waals surface area contributed by atoms with Gasteiger partial charge in [0, 0.05) is 6.54 Å². The Balaban J connectivity index is 5.17. The molecule has 0 aliphatic rings. The number of rotatable bonds is 6. The zero-order chi connectivity index (χ0) is 17.0. The molecule has 2 atom stereocenters. The fraction of sp³-hybridized carbons (Fsp3) is 0.800. The van der Waals surface area contributed by atoms with Crippen molar-refractivity contribution in [2.45, 2.75) is 60.1 Å². The first-order valence-electron chi connectivity index (χ1n) is 7.18. The van der Waals surface area contributed by atoms with Crippen molar-refractivity contribution in [1.29, 1.82) is 0 Å². The first kappa shape index (κ1) is 19.4. The number of amides is 1. The summed E-state index contributed by atoms with van der Waals surface area (Å²) in [6, 6.07) is -0.951. The van der Waals surface area contributed by atoms with Crippen LogP contribution < -0.4 is 0 Å². The molecule has 0 radical (unpaired) electrons. The molecule has 0 fully saturated rings. The number of carboxylic acids is 1. The van der Waals surface area contributed by atoms with Crippen LogP contribution in [0.5, 0.6) is 0 Å². The van der Waals surface area contributed by atoms with Crippen molar-refractivity contribution in [3.05, 3.63) is 0 Å². The lowest BCUT2D eigenvalue weighted by atomic mass is 10.0. The minimum atomic E-state index is -1.07. The second-order valence-corrected chi connectivity index (χ2v) is 6.41. The monoisotopic (exact) mass is 301 g/mol. The topological polar surface area (TPSA) is 83.9 Å². The third-order valence-corrected chi connectivity index (χ3v) is 2.97. The quantitative estimate of drug-likeness (QED) is 0.598. The third kappa shape index (κ3) is 5.73.